The van der Waals surface area contributed by atoms with Crippen LogP contribution in [0.3, 0.4) is 0 Å². The minimum Gasteiger partial charge on any atom is -0.492 e. The predicted molar refractivity (Wildman–Crippen MR) is 95.6 cm³/mol. The summed E-state index contributed by atoms with van der Waals surface area (Å²) in [5.41, 5.74) is 0.636. The number of ether oxygens (including phenoxy) is 2. The largest absolute Gasteiger partial charge is 0.492 e. The lowest BCUT2D eigenvalue weighted by Gasteiger charge is -2.26. The topological polar surface area (TPSA) is 49.2 Å². The third kappa shape index (κ3) is 2.98. The Morgan fingerprint density at radius 3 is 2.54 bits per heavy atom. The molecule has 146 valence electrons. The molecule has 2 aromatic carbocycles. The molecule has 0 amide bonds. The SMILES string of the molecule is Cn1c(-c2cccc3c2OCC3)nnc1C(C)(C)Oc1c(F)cc(F)cc1F. The molecule has 0 bridgehead atoms. The maximum absolute atomic E-state index is 14.0. The van der Waals surface area contributed by atoms with E-state index < -0.39 is 28.8 Å². The number of benzene rings is 2. The first kappa shape index (κ1) is 18.3. The molecule has 28 heavy (non-hydrogen) atoms. The van der Waals surface area contributed by atoms with Crippen LogP contribution in [-0.2, 0) is 19.1 Å². The summed E-state index contributed by atoms with van der Waals surface area (Å²) in [5.74, 6) is -2.27. The van der Waals surface area contributed by atoms with Crippen LogP contribution >= 0.6 is 0 Å². The highest BCUT2D eigenvalue weighted by Gasteiger charge is 2.33. The van der Waals surface area contributed by atoms with Crippen LogP contribution in [0.5, 0.6) is 11.5 Å². The molecule has 3 aromatic rings. The van der Waals surface area contributed by atoms with E-state index in [0.717, 1.165) is 23.3 Å². The van der Waals surface area contributed by atoms with E-state index in [2.05, 4.69) is 10.2 Å². The average Bonchev–Trinajstić information content (AvgIpc) is 3.24. The first-order valence-corrected chi connectivity index (χ1v) is 8.76. The molecule has 0 spiro atoms. The smallest absolute Gasteiger partial charge is 0.192 e. The standard InChI is InChI=1S/C20H18F3N3O2/c1-20(2,28-17-14(22)9-12(21)10-15(17)23)19-25-24-18(26(19)3)13-6-4-5-11-7-8-27-16(11)13/h4-6,9-10H,7-8H2,1-3H3. The summed E-state index contributed by atoms with van der Waals surface area (Å²) in [5, 5.41) is 8.41. The molecule has 1 aliphatic rings. The number of hydrogen-bond donors (Lipinski definition) is 0. The molecule has 0 unspecified atom stereocenters. The minimum absolute atomic E-state index is 0.348. The van der Waals surface area contributed by atoms with Crippen LogP contribution in [0.4, 0.5) is 13.2 Å². The molecule has 0 atom stereocenters. The quantitative estimate of drug-likeness (QED) is 0.673. The number of aromatic nitrogens is 3. The van der Waals surface area contributed by atoms with Gasteiger partial charge in [0, 0.05) is 25.6 Å². The first-order valence-electron chi connectivity index (χ1n) is 8.76. The number of nitrogens with zero attached hydrogens (tertiary/aromatic N) is 3. The van der Waals surface area contributed by atoms with Gasteiger partial charge in [-0.05, 0) is 25.5 Å². The molecule has 8 heteroatoms. The van der Waals surface area contributed by atoms with E-state index in [-0.39, 0.29) is 0 Å². The van der Waals surface area contributed by atoms with Crippen molar-refractivity contribution < 1.29 is 22.6 Å². The Balaban J connectivity index is 1.72. The van der Waals surface area contributed by atoms with Crippen LogP contribution < -0.4 is 9.47 Å². The summed E-state index contributed by atoms with van der Waals surface area (Å²) in [4.78, 5) is 0. The van der Waals surface area contributed by atoms with Gasteiger partial charge in [-0.25, -0.2) is 13.2 Å². The van der Waals surface area contributed by atoms with Crippen molar-refractivity contribution >= 4 is 0 Å². The lowest BCUT2D eigenvalue weighted by Crippen LogP contribution is -2.30. The molecule has 1 aromatic heterocycles. The van der Waals surface area contributed by atoms with Gasteiger partial charge in [0.05, 0.1) is 12.2 Å². The second-order valence-electron chi connectivity index (χ2n) is 7.11. The van der Waals surface area contributed by atoms with E-state index in [1.807, 2.05) is 18.2 Å². The monoisotopic (exact) mass is 389 g/mol. The van der Waals surface area contributed by atoms with E-state index in [1.165, 1.54) is 0 Å². The van der Waals surface area contributed by atoms with Crippen molar-refractivity contribution in [3.8, 4) is 22.9 Å². The first-order chi connectivity index (χ1) is 13.3. The Morgan fingerprint density at radius 2 is 1.82 bits per heavy atom. The molecule has 1 aliphatic heterocycles. The summed E-state index contributed by atoms with van der Waals surface area (Å²) in [6.07, 6.45) is 0.825. The van der Waals surface area contributed by atoms with E-state index in [1.54, 1.807) is 25.5 Å². The van der Waals surface area contributed by atoms with Crippen molar-refractivity contribution in [2.45, 2.75) is 25.9 Å². The highest BCUT2D eigenvalue weighted by molar-refractivity contribution is 5.68. The number of halogens is 3. The maximum Gasteiger partial charge on any atom is 0.192 e. The lowest BCUT2D eigenvalue weighted by atomic mass is 10.1. The van der Waals surface area contributed by atoms with Gasteiger partial charge in [0.2, 0.25) is 0 Å². The molecule has 0 aliphatic carbocycles. The molecule has 0 radical (unpaired) electrons. The van der Waals surface area contributed by atoms with Crippen LogP contribution in [0.15, 0.2) is 30.3 Å². The molecule has 0 fully saturated rings. The Labute approximate surface area is 159 Å². The maximum atomic E-state index is 14.0. The Kier molecular flexibility index (Phi) is 4.28. The summed E-state index contributed by atoms with van der Waals surface area (Å²) in [6.45, 7) is 3.82. The molecule has 5 nitrogen and oxygen atoms in total. The highest BCUT2D eigenvalue weighted by Crippen LogP contribution is 2.37. The van der Waals surface area contributed by atoms with Gasteiger partial charge in [-0.15, -0.1) is 10.2 Å². The van der Waals surface area contributed by atoms with Gasteiger partial charge in [-0.2, -0.15) is 0 Å². The van der Waals surface area contributed by atoms with Crippen LogP contribution in [-0.4, -0.2) is 21.4 Å². The second kappa shape index (κ2) is 6.54. The Bertz CT molecular complexity index is 1040. The van der Waals surface area contributed by atoms with Gasteiger partial charge < -0.3 is 14.0 Å². The van der Waals surface area contributed by atoms with Crippen LogP contribution in [0.1, 0.15) is 25.2 Å². The predicted octanol–water partition coefficient (Wildman–Crippen LogP) is 4.15. The van der Waals surface area contributed by atoms with Gasteiger partial charge in [-0.3, -0.25) is 0 Å². The van der Waals surface area contributed by atoms with Crippen LogP contribution in [0.2, 0.25) is 0 Å². The molecule has 0 saturated carbocycles. The van der Waals surface area contributed by atoms with Gasteiger partial charge in [0.25, 0.3) is 0 Å². The van der Waals surface area contributed by atoms with Crippen LogP contribution in [0, 0.1) is 17.5 Å². The second-order valence-corrected chi connectivity index (χ2v) is 7.11. The summed E-state index contributed by atoms with van der Waals surface area (Å²) >= 11 is 0. The third-order valence-corrected chi connectivity index (χ3v) is 4.69. The number of rotatable bonds is 4. The van der Waals surface area contributed by atoms with Crippen molar-refractivity contribution in [3.63, 3.8) is 0 Å². The van der Waals surface area contributed by atoms with Gasteiger partial charge in [0.15, 0.2) is 34.6 Å². The average molecular weight is 389 g/mol. The summed E-state index contributed by atoms with van der Waals surface area (Å²) in [7, 11) is 1.74. The molecule has 2 heterocycles. The normalized spacial score (nSPS) is 13.4. The zero-order chi connectivity index (χ0) is 20.1. The number of fused-ring (bicyclic) bond motifs is 1. The zero-order valence-corrected chi connectivity index (χ0v) is 15.6. The number of para-hydroxylation sites is 1. The van der Waals surface area contributed by atoms with Gasteiger partial charge >= 0.3 is 0 Å². The third-order valence-electron chi connectivity index (χ3n) is 4.69. The number of hydrogen-bond acceptors (Lipinski definition) is 4. The van der Waals surface area contributed by atoms with Crippen molar-refractivity contribution in [3.05, 3.63) is 59.2 Å². The van der Waals surface area contributed by atoms with E-state index in [9.17, 15) is 13.2 Å². The highest BCUT2D eigenvalue weighted by atomic mass is 19.1. The van der Waals surface area contributed by atoms with E-state index in [4.69, 9.17) is 9.47 Å². The van der Waals surface area contributed by atoms with Crippen molar-refractivity contribution in [2.75, 3.05) is 6.61 Å². The fourth-order valence-electron chi connectivity index (χ4n) is 3.41. The molecular formula is C20H18F3N3O2. The van der Waals surface area contributed by atoms with Crippen LogP contribution in [0.25, 0.3) is 11.4 Å². The minimum atomic E-state index is -1.24. The fourth-order valence-corrected chi connectivity index (χ4v) is 3.41. The molecule has 0 saturated heterocycles. The summed E-state index contributed by atoms with van der Waals surface area (Å²) in [6, 6.07) is 6.94. The van der Waals surface area contributed by atoms with Gasteiger partial charge in [-0.1, -0.05) is 12.1 Å². The van der Waals surface area contributed by atoms with Crippen molar-refractivity contribution in [1.82, 2.24) is 14.8 Å². The fraction of sp³-hybridized carbons (Fsp3) is 0.300. The van der Waals surface area contributed by atoms with E-state index >= 15 is 0 Å². The lowest BCUT2D eigenvalue weighted by molar-refractivity contribution is 0.0833. The van der Waals surface area contributed by atoms with Crippen molar-refractivity contribution in [2.24, 2.45) is 7.05 Å². The molecule has 0 N–H and O–H groups in total. The Hall–Kier alpha value is -3.03. The van der Waals surface area contributed by atoms with Crippen molar-refractivity contribution in [1.29, 1.82) is 0 Å². The molecular weight excluding hydrogens is 371 g/mol. The summed E-state index contributed by atoms with van der Waals surface area (Å²) < 4.78 is 54.2. The molecule has 4 rings (SSSR count). The van der Waals surface area contributed by atoms with E-state index in [0.29, 0.717) is 30.4 Å². The Morgan fingerprint density at radius 1 is 1.11 bits per heavy atom. The van der Waals surface area contributed by atoms with Gasteiger partial charge in [0.1, 0.15) is 11.6 Å². The zero-order valence-electron chi connectivity index (χ0n) is 15.6.